The van der Waals surface area contributed by atoms with Gasteiger partial charge in [-0.25, -0.2) is 9.00 Å². The first-order valence-corrected chi connectivity index (χ1v) is 14.4. The summed E-state index contributed by atoms with van der Waals surface area (Å²) in [4.78, 5) is 12.9. The van der Waals surface area contributed by atoms with Gasteiger partial charge in [0.1, 0.15) is 16.7 Å². The van der Waals surface area contributed by atoms with E-state index < -0.39 is 28.7 Å². The zero-order valence-electron chi connectivity index (χ0n) is 22.7. The van der Waals surface area contributed by atoms with Crippen LogP contribution in [-0.4, -0.2) is 44.9 Å². The van der Waals surface area contributed by atoms with Gasteiger partial charge in [0.15, 0.2) is 6.10 Å². The maximum atomic E-state index is 12.9. The summed E-state index contributed by atoms with van der Waals surface area (Å²) in [5, 5.41) is 11.5. The smallest absolute Gasteiger partial charge is 0.337 e. The molecule has 0 radical (unpaired) electrons. The third kappa shape index (κ3) is 4.24. The van der Waals surface area contributed by atoms with Crippen molar-refractivity contribution in [3.63, 3.8) is 0 Å². The zero-order valence-corrected chi connectivity index (χ0v) is 23.5. The molecule has 2 atom stereocenters. The highest BCUT2D eigenvalue weighted by Crippen LogP contribution is 2.50. The maximum absolute atomic E-state index is 12.9. The Kier molecular flexibility index (Phi) is 6.39. The van der Waals surface area contributed by atoms with Crippen LogP contribution in [0.4, 0.5) is 5.69 Å². The van der Waals surface area contributed by atoms with Crippen molar-refractivity contribution in [2.24, 2.45) is 0 Å². The number of carboxylic acids is 1. The van der Waals surface area contributed by atoms with E-state index in [1.165, 1.54) is 5.56 Å². The average Bonchev–Trinajstić information content (AvgIpc) is 3.16. The van der Waals surface area contributed by atoms with E-state index in [1.807, 2.05) is 38.1 Å². The molecule has 2 aliphatic rings. The molecule has 1 aromatic heterocycles. The van der Waals surface area contributed by atoms with E-state index >= 15 is 0 Å². The normalized spacial score (nSPS) is 16.9. The Morgan fingerprint density at radius 1 is 1.16 bits per heavy atom. The Morgan fingerprint density at radius 3 is 2.54 bits per heavy atom. The van der Waals surface area contributed by atoms with Gasteiger partial charge in [-0.1, -0.05) is 6.07 Å². The summed E-state index contributed by atoms with van der Waals surface area (Å²) >= 11 is 0. The Labute approximate surface area is 221 Å². The van der Waals surface area contributed by atoms with Gasteiger partial charge in [-0.05, 0) is 93.8 Å². The number of benzene rings is 2. The van der Waals surface area contributed by atoms with Crippen LogP contribution in [0, 0.1) is 20.8 Å². The molecule has 0 fully saturated rings. The number of aromatic nitrogens is 1. The highest BCUT2D eigenvalue weighted by Gasteiger charge is 2.37. The van der Waals surface area contributed by atoms with Gasteiger partial charge < -0.3 is 19.1 Å². The van der Waals surface area contributed by atoms with Crippen LogP contribution in [0.3, 0.4) is 0 Å². The second kappa shape index (κ2) is 9.17. The van der Waals surface area contributed by atoms with Gasteiger partial charge in [-0.3, -0.25) is 4.31 Å². The first kappa shape index (κ1) is 25.8. The highest BCUT2D eigenvalue weighted by molar-refractivity contribution is 7.85. The minimum absolute atomic E-state index is 0.589. The molecule has 8 heteroatoms. The third-order valence-electron chi connectivity index (χ3n) is 7.49. The first-order chi connectivity index (χ1) is 17.4. The van der Waals surface area contributed by atoms with Crippen LogP contribution in [-0.2, 0) is 33.5 Å². The quantitative estimate of drug-likeness (QED) is 0.469. The molecule has 5 rings (SSSR count). The van der Waals surface area contributed by atoms with Crippen LogP contribution >= 0.6 is 0 Å². The fourth-order valence-corrected chi connectivity index (χ4v) is 6.83. The SMILES string of the molecule is Cc1c(-c2c(C(OC(C)(C)C)C(=O)O)c(C)c3c4c2c(C)cn4CCN3S(C)=O)ccc2c1CCCO2. The number of hydrogen-bond donors (Lipinski definition) is 1. The lowest BCUT2D eigenvalue weighted by Gasteiger charge is -2.34. The lowest BCUT2D eigenvalue weighted by molar-refractivity contribution is -0.160. The number of hydrogen-bond acceptors (Lipinski definition) is 4. The molecular weight excluding hydrogens is 488 g/mol. The standard InChI is InChI=1S/C29H36N2O5S/c1-16-15-30-12-13-31(37(7)34)25-18(3)23(27(28(32)33)36-29(4,5)6)24(22(16)26(25)30)20-10-11-21-19(17(20)2)9-8-14-35-21/h10-11,15,27H,8-9,12-14H2,1-7H3,(H,32,33). The number of nitrogens with zero attached hydrogens (tertiary/aromatic N) is 2. The number of fused-ring (bicyclic) bond motifs is 1. The lowest BCUT2D eigenvalue weighted by Crippen LogP contribution is -2.34. The van der Waals surface area contributed by atoms with Gasteiger partial charge in [0.2, 0.25) is 0 Å². The molecule has 7 nitrogen and oxygen atoms in total. The van der Waals surface area contributed by atoms with E-state index in [1.54, 1.807) is 6.26 Å². The fourth-order valence-electron chi connectivity index (χ4n) is 6.01. The molecular formula is C29H36N2O5S. The van der Waals surface area contributed by atoms with Crippen molar-refractivity contribution in [2.75, 3.05) is 23.7 Å². The first-order valence-electron chi connectivity index (χ1n) is 12.8. The van der Waals surface area contributed by atoms with Crippen molar-refractivity contribution >= 4 is 33.5 Å². The molecule has 0 saturated carbocycles. The predicted octanol–water partition coefficient (Wildman–Crippen LogP) is 5.61. The van der Waals surface area contributed by atoms with Gasteiger partial charge in [0.25, 0.3) is 0 Å². The van der Waals surface area contributed by atoms with Crippen LogP contribution < -0.4 is 9.04 Å². The second-order valence-corrected chi connectivity index (χ2v) is 12.4. The Balaban J connectivity index is 1.95. The van der Waals surface area contributed by atoms with Crippen molar-refractivity contribution in [1.82, 2.24) is 4.57 Å². The van der Waals surface area contributed by atoms with E-state index in [0.717, 1.165) is 63.0 Å². The monoisotopic (exact) mass is 524 g/mol. The second-order valence-electron chi connectivity index (χ2n) is 11.1. The molecule has 37 heavy (non-hydrogen) atoms. The molecule has 198 valence electrons. The van der Waals surface area contributed by atoms with E-state index in [2.05, 4.69) is 30.7 Å². The number of aryl methyl sites for hydroxylation is 1. The van der Waals surface area contributed by atoms with Gasteiger partial charge in [-0.15, -0.1) is 0 Å². The van der Waals surface area contributed by atoms with Gasteiger partial charge in [-0.2, -0.15) is 0 Å². The number of carboxylic acid groups (broad SMARTS) is 1. The number of carbonyl (C=O) groups is 1. The van der Waals surface area contributed by atoms with Crippen molar-refractivity contribution in [3.8, 4) is 16.9 Å². The van der Waals surface area contributed by atoms with Crippen LogP contribution in [0.5, 0.6) is 5.75 Å². The molecule has 2 aromatic carbocycles. The highest BCUT2D eigenvalue weighted by atomic mass is 32.2. The van der Waals surface area contributed by atoms with Crippen LogP contribution in [0.25, 0.3) is 22.0 Å². The van der Waals surface area contributed by atoms with Crippen molar-refractivity contribution in [3.05, 3.63) is 46.1 Å². The van der Waals surface area contributed by atoms with Crippen LogP contribution in [0.1, 0.15) is 61.1 Å². The minimum atomic E-state index is -1.26. The predicted molar refractivity (Wildman–Crippen MR) is 148 cm³/mol. The molecule has 3 aromatic rings. The van der Waals surface area contributed by atoms with Crippen molar-refractivity contribution < 1.29 is 23.6 Å². The molecule has 2 unspecified atom stereocenters. The number of rotatable bonds is 5. The third-order valence-corrected chi connectivity index (χ3v) is 8.47. The maximum Gasteiger partial charge on any atom is 0.337 e. The molecule has 1 N–H and O–H groups in total. The summed E-state index contributed by atoms with van der Waals surface area (Å²) in [6.07, 6.45) is 4.49. The molecule has 3 heterocycles. The van der Waals surface area contributed by atoms with E-state index in [4.69, 9.17) is 9.47 Å². The lowest BCUT2D eigenvalue weighted by atomic mass is 9.83. The van der Waals surface area contributed by atoms with Crippen LogP contribution in [0.15, 0.2) is 18.3 Å². The van der Waals surface area contributed by atoms with Gasteiger partial charge >= 0.3 is 5.97 Å². The molecule has 0 spiro atoms. The molecule has 0 bridgehead atoms. The Morgan fingerprint density at radius 2 is 1.89 bits per heavy atom. The Bertz CT molecular complexity index is 1450. The number of ether oxygens (including phenoxy) is 2. The average molecular weight is 525 g/mol. The molecule has 0 amide bonds. The summed E-state index contributed by atoms with van der Waals surface area (Å²) < 4.78 is 29.2. The van der Waals surface area contributed by atoms with Crippen molar-refractivity contribution in [1.29, 1.82) is 0 Å². The number of aliphatic carboxylic acids is 1. The topological polar surface area (TPSA) is 81.0 Å². The van der Waals surface area contributed by atoms with Crippen molar-refractivity contribution in [2.45, 2.75) is 72.6 Å². The molecule has 2 aliphatic heterocycles. The fraction of sp³-hybridized carbons (Fsp3) is 0.483. The van der Waals surface area contributed by atoms with E-state index in [9.17, 15) is 14.1 Å². The zero-order chi connectivity index (χ0) is 26.8. The minimum Gasteiger partial charge on any atom is -0.493 e. The summed E-state index contributed by atoms with van der Waals surface area (Å²) in [6, 6.07) is 4.08. The van der Waals surface area contributed by atoms with Gasteiger partial charge in [0.05, 0.1) is 23.4 Å². The molecule has 0 aliphatic carbocycles. The summed E-state index contributed by atoms with van der Waals surface area (Å²) in [6.45, 7) is 13.8. The molecule has 0 saturated heterocycles. The Hall–Kier alpha value is -2.84. The number of anilines is 1. The summed E-state index contributed by atoms with van der Waals surface area (Å²) in [5.41, 5.74) is 7.79. The van der Waals surface area contributed by atoms with Crippen LogP contribution in [0.2, 0.25) is 0 Å². The largest absolute Gasteiger partial charge is 0.493 e. The van der Waals surface area contributed by atoms with E-state index in [-0.39, 0.29) is 0 Å². The van der Waals surface area contributed by atoms with E-state index in [0.29, 0.717) is 25.3 Å². The summed E-state index contributed by atoms with van der Waals surface area (Å²) in [7, 11) is -1.26. The summed E-state index contributed by atoms with van der Waals surface area (Å²) in [5.74, 6) is -0.135. The van der Waals surface area contributed by atoms with Gasteiger partial charge in [0, 0.05) is 36.5 Å².